The zero-order valence-electron chi connectivity index (χ0n) is 11.5. The van der Waals surface area contributed by atoms with Crippen molar-refractivity contribution < 1.29 is 22.4 Å². The Morgan fingerprint density at radius 3 is 2.45 bits per heavy atom. The fraction of sp³-hybridized carbons (Fsp3) is 0.125. The van der Waals surface area contributed by atoms with Crippen molar-refractivity contribution in [3.8, 4) is 0 Å². The van der Waals surface area contributed by atoms with Gasteiger partial charge in [-0.05, 0) is 54.5 Å². The lowest BCUT2D eigenvalue weighted by Gasteiger charge is -2.04. The van der Waals surface area contributed by atoms with Gasteiger partial charge < -0.3 is 0 Å². The van der Waals surface area contributed by atoms with E-state index in [1.807, 2.05) is 0 Å². The first kappa shape index (κ1) is 15.9. The van der Waals surface area contributed by atoms with E-state index in [0.717, 1.165) is 12.3 Å². The van der Waals surface area contributed by atoms with Gasteiger partial charge in [0.2, 0.25) is 0 Å². The highest BCUT2D eigenvalue weighted by molar-refractivity contribution is 6.06. The molecule has 0 N–H and O–H groups in total. The average molecular weight is 309 g/mol. The first-order chi connectivity index (χ1) is 10.3. The standard InChI is InChI=1S/C16H11F4NO/c1-10-8-12(4-5-13(10)17)14(22)6-2-11-3-7-15(21-9-11)16(18,19)20/h2-9H,1H3. The van der Waals surface area contributed by atoms with Crippen molar-refractivity contribution >= 4 is 11.9 Å². The largest absolute Gasteiger partial charge is 0.433 e. The van der Waals surface area contributed by atoms with Crippen molar-refractivity contribution in [1.82, 2.24) is 4.98 Å². The van der Waals surface area contributed by atoms with Crippen LogP contribution < -0.4 is 0 Å². The molecule has 2 rings (SSSR count). The van der Waals surface area contributed by atoms with Crippen LogP contribution >= 0.6 is 0 Å². The Hall–Kier alpha value is -2.50. The molecule has 22 heavy (non-hydrogen) atoms. The molecule has 0 aliphatic heterocycles. The van der Waals surface area contributed by atoms with Gasteiger partial charge in [0.05, 0.1) is 0 Å². The van der Waals surface area contributed by atoms with Gasteiger partial charge in [-0.25, -0.2) is 4.39 Å². The number of pyridine rings is 1. The van der Waals surface area contributed by atoms with Crippen molar-refractivity contribution in [2.24, 2.45) is 0 Å². The van der Waals surface area contributed by atoms with Crippen molar-refractivity contribution in [2.75, 3.05) is 0 Å². The summed E-state index contributed by atoms with van der Waals surface area (Å²) in [7, 11) is 0. The first-order valence-electron chi connectivity index (χ1n) is 6.29. The number of ketones is 1. The van der Waals surface area contributed by atoms with Crippen LogP contribution in [-0.2, 0) is 6.18 Å². The lowest BCUT2D eigenvalue weighted by Crippen LogP contribution is -2.07. The molecule has 0 aliphatic carbocycles. The van der Waals surface area contributed by atoms with Crippen molar-refractivity contribution in [3.05, 3.63) is 70.8 Å². The van der Waals surface area contributed by atoms with E-state index in [2.05, 4.69) is 4.98 Å². The summed E-state index contributed by atoms with van der Waals surface area (Å²) in [5.41, 5.74) is 0.00999. The molecule has 114 valence electrons. The summed E-state index contributed by atoms with van der Waals surface area (Å²) >= 11 is 0. The maximum absolute atomic E-state index is 13.1. The molecule has 1 aromatic carbocycles. The molecule has 1 heterocycles. The zero-order valence-corrected chi connectivity index (χ0v) is 11.5. The molecule has 0 saturated carbocycles. The highest BCUT2D eigenvalue weighted by Gasteiger charge is 2.31. The zero-order chi connectivity index (χ0) is 16.3. The van der Waals surface area contributed by atoms with E-state index >= 15 is 0 Å². The Morgan fingerprint density at radius 1 is 1.18 bits per heavy atom. The summed E-state index contributed by atoms with van der Waals surface area (Å²) in [4.78, 5) is 15.2. The van der Waals surface area contributed by atoms with Crippen LogP contribution in [0.15, 0.2) is 42.6 Å². The van der Waals surface area contributed by atoms with Crippen LogP contribution in [0.5, 0.6) is 0 Å². The molecule has 0 atom stereocenters. The summed E-state index contributed by atoms with van der Waals surface area (Å²) in [6.07, 6.45) is -0.905. The Kier molecular flexibility index (Phi) is 4.40. The number of aromatic nitrogens is 1. The van der Waals surface area contributed by atoms with Gasteiger partial charge in [0.1, 0.15) is 11.5 Å². The van der Waals surface area contributed by atoms with Crippen molar-refractivity contribution in [3.63, 3.8) is 0 Å². The highest BCUT2D eigenvalue weighted by atomic mass is 19.4. The molecule has 6 heteroatoms. The van der Waals surface area contributed by atoms with Crippen LogP contribution in [0.2, 0.25) is 0 Å². The van der Waals surface area contributed by atoms with E-state index in [-0.39, 0.29) is 5.78 Å². The molecule has 0 amide bonds. The molecule has 1 aromatic heterocycles. The van der Waals surface area contributed by atoms with Crippen LogP contribution in [0.25, 0.3) is 6.08 Å². The molecule has 0 unspecified atom stereocenters. The van der Waals surface area contributed by atoms with Gasteiger partial charge in [-0.15, -0.1) is 0 Å². The number of allylic oxidation sites excluding steroid dienone is 1. The summed E-state index contributed by atoms with van der Waals surface area (Å²) in [5.74, 6) is -0.782. The summed E-state index contributed by atoms with van der Waals surface area (Å²) in [5, 5.41) is 0. The number of alkyl halides is 3. The van der Waals surface area contributed by atoms with Crippen molar-refractivity contribution in [2.45, 2.75) is 13.1 Å². The predicted octanol–water partition coefficient (Wildman–Crippen LogP) is 4.44. The third-order valence-corrected chi connectivity index (χ3v) is 2.95. The molecule has 2 aromatic rings. The highest BCUT2D eigenvalue weighted by Crippen LogP contribution is 2.27. The number of halogens is 4. The number of hydrogen-bond donors (Lipinski definition) is 0. The molecule has 0 aliphatic rings. The number of aryl methyl sites for hydroxylation is 1. The van der Waals surface area contributed by atoms with Gasteiger partial charge in [0, 0.05) is 11.8 Å². The lowest BCUT2D eigenvalue weighted by molar-refractivity contribution is -0.141. The average Bonchev–Trinajstić information content (AvgIpc) is 2.47. The summed E-state index contributed by atoms with van der Waals surface area (Å²) in [6, 6.07) is 6.00. The predicted molar refractivity (Wildman–Crippen MR) is 73.7 cm³/mol. The number of benzene rings is 1. The minimum Gasteiger partial charge on any atom is -0.289 e. The molecule has 2 nitrogen and oxygen atoms in total. The van der Waals surface area contributed by atoms with Crippen LogP contribution in [-0.4, -0.2) is 10.8 Å². The van der Waals surface area contributed by atoms with Gasteiger partial charge in [-0.2, -0.15) is 13.2 Å². The van der Waals surface area contributed by atoms with Crippen LogP contribution in [0.1, 0.15) is 27.2 Å². The van der Waals surface area contributed by atoms with Gasteiger partial charge in [0.25, 0.3) is 0 Å². The van der Waals surface area contributed by atoms with E-state index in [0.29, 0.717) is 16.7 Å². The number of rotatable bonds is 3. The van der Waals surface area contributed by atoms with E-state index in [1.54, 1.807) is 0 Å². The Morgan fingerprint density at radius 2 is 1.91 bits per heavy atom. The molecular weight excluding hydrogens is 298 g/mol. The number of hydrogen-bond acceptors (Lipinski definition) is 2. The Bertz CT molecular complexity index is 718. The fourth-order valence-electron chi connectivity index (χ4n) is 1.74. The summed E-state index contributed by atoms with van der Waals surface area (Å²) < 4.78 is 50.2. The first-order valence-corrected chi connectivity index (χ1v) is 6.29. The van der Waals surface area contributed by atoms with Gasteiger partial charge in [-0.1, -0.05) is 6.07 Å². The van der Waals surface area contributed by atoms with Gasteiger partial charge in [-0.3, -0.25) is 9.78 Å². The van der Waals surface area contributed by atoms with Crippen LogP contribution in [0.4, 0.5) is 17.6 Å². The maximum Gasteiger partial charge on any atom is 0.433 e. The van der Waals surface area contributed by atoms with Gasteiger partial charge in [0.15, 0.2) is 5.78 Å². The van der Waals surface area contributed by atoms with E-state index in [1.165, 1.54) is 43.3 Å². The molecule has 0 bridgehead atoms. The minimum atomic E-state index is -4.50. The van der Waals surface area contributed by atoms with E-state index in [4.69, 9.17) is 0 Å². The number of carbonyl (C=O) groups excluding carboxylic acids is 1. The molecule has 0 saturated heterocycles. The van der Waals surface area contributed by atoms with Crippen LogP contribution in [0.3, 0.4) is 0 Å². The lowest BCUT2D eigenvalue weighted by atomic mass is 10.1. The second kappa shape index (κ2) is 6.09. The molecular formula is C16H11F4NO. The smallest absolute Gasteiger partial charge is 0.289 e. The number of carbonyl (C=O) groups is 1. The molecule has 0 spiro atoms. The molecule has 0 fully saturated rings. The normalized spacial score (nSPS) is 11.9. The second-order valence-electron chi connectivity index (χ2n) is 4.64. The second-order valence-corrected chi connectivity index (χ2v) is 4.64. The Labute approximate surface area is 124 Å². The van der Waals surface area contributed by atoms with Crippen LogP contribution in [0, 0.1) is 12.7 Å². The third-order valence-electron chi connectivity index (χ3n) is 2.95. The summed E-state index contributed by atoms with van der Waals surface area (Å²) in [6.45, 7) is 1.54. The minimum absolute atomic E-state index is 0.301. The quantitative estimate of drug-likeness (QED) is 0.476. The maximum atomic E-state index is 13.1. The monoisotopic (exact) mass is 309 g/mol. The third kappa shape index (κ3) is 3.78. The fourth-order valence-corrected chi connectivity index (χ4v) is 1.74. The SMILES string of the molecule is Cc1cc(C(=O)C=Cc2ccc(C(F)(F)F)nc2)ccc1F. The van der Waals surface area contributed by atoms with E-state index < -0.39 is 17.7 Å². The van der Waals surface area contributed by atoms with E-state index in [9.17, 15) is 22.4 Å². The number of nitrogens with zero attached hydrogens (tertiary/aromatic N) is 1. The Balaban J connectivity index is 2.14. The topological polar surface area (TPSA) is 30.0 Å². The van der Waals surface area contributed by atoms with Crippen molar-refractivity contribution in [1.29, 1.82) is 0 Å². The van der Waals surface area contributed by atoms with Gasteiger partial charge >= 0.3 is 6.18 Å². The molecule has 0 radical (unpaired) electrons.